The van der Waals surface area contributed by atoms with Crippen molar-refractivity contribution in [2.75, 3.05) is 0 Å². The first kappa shape index (κ1) is 42.0. The first-order valence-corrected chi connectivity index (χ1v) is 20.6. The Labute approximate surface area is 270 Å². The zero-order valence-electron chi connectivity index (χ0n) is 30.2. The zero-order valence-corrected chi connectivity index (χ0v) is 30.2. The minimum atomic E-state index is 1.01. The molecule has 0 heteroatoms. The van der Waals surface area contributed by atoms with Crippen LogP contribution in [-0.2, 0) is 0 Å². The lowest BCUT2D eigenvalue weighted by Crippen LogP contribution is -2.01. The van der Waals surface area contributed by atoms with E-state index < -0.39 is 0 Å². The molecule has 1 radical (unpaired) electrons. The van der Waals surface area contributed by atoms with E-state index in [1.54, 1.807) is 0 Å². The Kier molecular flexibility index (Phi) is 39.0. The highest BCUT2D eigenvalue weighted by Crippen LogP contribution is 2.25. The van der Waals surface area contributed by atoms with Crippen molar-refractivity contribution >= 4 is 0 Å². The van der Waals surface area contributed by atoms with Gasteiger partial charge in [0.1, 0.15) is 0 Å². The molecule has 0 heterocycles. The smallest absolute Gasteiger partial charge is 0.0414 e. The molecule has 0 amide bonds. The van der Waals surface area contributed by atoms with Crippen molar-refractivity contribution < 1.29 is 0 Å². The molecule has 0 saturated heterocycles. The molecule has 0 bridgehead atoms. The van der Waals surface area contributed by atoms with Crippen molar-refractivity contribution in [3.05, 3.63) is 6.92 Å². The number of rotatable bonds is 38. The van der Waals surface area contributed by atoms with Gasteiger partial charge >= 0.3 is 0 Å². The van der Waals surface area contributed by atoms with Crippen molar-refractivity contribution in [2.45, 2.75) is 258 Å². The molecule has 0 rings (SSSR count). The Bertz CT molecular complexity index is 403. The average molecular weight is 590 g/mol. The molecule has 0 aromatic carbocycles. The molecule has 0 N–H and O–H groups in total. The number of hydrogen-bond acceptors (Lipinski definition) is 0. The molecule has 42 heavy (non-hydrogen) atoms. The van der Waals surface area contributed by atoms with Crippen LogP contribution in [0.4, 0.5) is 0 Å². The molecule has 0 atom stereocenters. The summed E-state index contributed by atoms with van der Waals surface area (Å²) in [5.74, 6) is 1.01. The van der Waals surface area contributed by atoms with Crippen LogP contribution in [0.1, 0.15) is 258 Å². The summed E-state index contributed by atoms with van der Waals surface area (Å²) in [6, 6.07) is 0. The maximum Gasteiger partial charge on any atom is -0.0414 e. The van der Waals surface area contributed by atoms with Gasteiger partial charge in [-0.05, 0) is 5.92 Å². The van der Waals surface area contributed by atoms with E-state index in [1.165, 1.54) is 238 Å². The Morgan fingerprint density at radius 2 is 0.452 bits per heavy atom. The highest BCUT2D eigenvalue weighted by atomic mass is 14.1. The number of unbranched alkanes of at least 4 members (excludes halogenated alkanes) is 32. The molecule has 0 aliphatic heterocycles. The Morgan fingerprint density at radius 1 is 0.262 bits per heavy atom. The molecule has 0 saturated carbocycles. The van der Waals surface area contributed by atoms with Gasteiger partial charge in [0.2, 0.25) is 0 Å². The van der Waals surface area contributed by atoms with Gasteiger partial charge in [0, 0.05) is 0 Å². The fourth-order valence-corrected chi connectivity index (χ4v) is 7.01. The van der Waals surface area contributed by atoms with E-state index in [4.69, 9.17) is 0 Å². The van der Waals surface area contributed by atoms with Crippen LogP contribution in [0.5, 0.6) is 0 Å². The highest BCUT2D eigenvalue weighted by molar-refractivity contribution is 4.62. The summed E-state index contributed by atoms with van der Waals surface area (Å²) in [6.45, 7) is 8.70. The maximum atomic E-state index is 4.08. The second-order valence-corrected chi connectivity index (χ2v) is 14.4. The van der Waals surface area contributed by atoms with Gasteiger partial charge in [0.25, 0.3) is 0 Å². The highest BCUT2D eigenvalue weighted by Gasteiger charge is 2.08. The Hall–Kier alpha value is 0. The van der Waals surface area contributed by atoms with E-state index in [1.807, 2.05) is 0 Å². The van der Waals surface area contributed by atoms with E-state index in [2.05, 4.69) is 20.8 Å². The van der Waals surface area contributed by atoms with E-state index in [9.17, 15) is 0 Å². The molecule has 0 nitrogen and oxygen atoms in total. The summed E-state index contributed by atoms with van der Waals surface area (Å²) in [6.07, 6.45) is 55.6. The summed E-state index contributed by atoms with van der Waals surface area (Å²) >= 11 is 0. The first-order valence-electron chi connectivity index (χ1n) is 20.6. The summed E-state index contributed by atoms with van der Waals surface area (Å²) in [7, 11) is 0. The standard InChI is InChI=1S/C42H85/c1-4-7-10-12-14-16-18-20-22-24-26-28-30-32-34-37-40-42(39-36-9-6-3)41-38-35-33-31-29-27-25-23-21-19-17-15-13-11-8-5-2/h42H,3-41H2,1-2H3. The number of hydrogen-bond donors (Lipinski definition) is 0. The molecule has 0 spiro atoms. The van der Waals surface area contributed by atoms with Gasteiger partial charge in [-0.15, -0.1) is 0 Å². The molecule has 0 aromatic rings. The summed E-state index contributed by atoms with van der Waals surface area (Å²) in [4.78, 5) is 0. The Balaban J connectivity index is 3.52. The lowest BCUT2D eigenvalue weighted by molar-refractivity contribution is 0.368. The van der Waals surface area contributed by atoms with Gasteiger partial charge in [0.15, 0.2) is 0 Å². The summed E-state index contributed by atoms with van der Waals surface area (Å²) in [5, 5.41) is 0. The third-order valence-corrected chi connectivity index (χ3v) is 10.0. The van der Waals surface area contributed by atoms with Crippen LogP contribution in [-0.4, -0.2) is 0 Å². The second kappa shape index (κ2) is 39.0. The normalized spacial score (nSPS) is 11.7. The van der Waals surface area contributed by atoms with Crippen molar-refractivity contribution in [2.24, 2.45) is 5.92 Å². The topological polar surface area (TPSA) is 0 Å². The van der Waals surface area contributed by atoms with Crippen molar-refractivity contribution in [1.82, 2.24) is 0 Å². The van der Waals surface area contributed by atoms with Crippen LogP contribution in [0.3, 0.4) is 0 Å². The predicted octanol–water partition coefficient (Wildman–Crippen LogP) is 16.3. The molecule has 0 aromatic heterocycles. The van der Waals surface area contributed by atoms with Crippen molar-refractivity contribution in [1.29, 1.82) is 0 Å². The van der Waals surface area contributed by atoms with E-state index in [0.29, 0.717) is 0 Å². The van der Waals surface area contributed by atoms with Gasteiger partial charge in [-0.2, -0.15) is 0 Å². The molecule has 0 fully saturated rings. The molecule has 0 unspecified atom stereocenters. The molecule has 0 aliphatic rings. The van der Waals surface area contributed by atoms with Crippen molar-refractivity contribution in [3.8, 4) is 0 Å². The third-order valence-electron chi connectivity index (χ3n) is 10.0. The lowest BCUT2D eigenvalue weighted by atomic mass is 9.89. The van der Waals surface area contributed by atoms with E-state index >= 15 is 0 Å². The monoisotopic (exact) mass is 590 g/mol. The minimum absolute atomic E-state index is 1.01. The lowest BCUT2D eigenvalue weighted by Gasteiger charge is -2.17. The SMILES string of the molecule is [CH2]CCCCC(CCCCCCCCCCCCCCCCCC)CCCCCCCCCCCCCCCCCC. The van der Waals surface area contributed by atoms with Crippen LogP contribution in [0.25, 0.3) is 0 Å². The Morgan fingerprint density at radius 3 is 0.667 bits per heavy atom. The summed E-state index contributed by atoms with van der Waals surface area (Å²) < 4.78 is 0. The van der Waals surface area contributed by atoms with Crippen LogP contribution in [0.15, 0.2) is 0 Å². The van der Waals surface area contributed by atoms with Crippen LogP contribution in [0.2, 0.25) is 0 Å². The van der Waals surface area contributed by atoms with Gasteiger partial charge in [-0.3, -0.25) is 0 Å². The molecular formula is C42H85. The maximum absolute atomic E-state index is 4.08. The van der Waals surface area contributed by atoms with Gasteiger partial charge in [0.05, 0.1) is 0 Å². The first-order chi connectivity index (χ1) is 20.8. The fraction of sp³-hybridized carbons (Fsp3) is 0.976. The van der Waals surface area contributed by atoms with Gasteiger partial charge in [-0.1, -0.05) is 265 Å². The second-order valence-electron chi connectivity index (χ2n) is 14.4. The molecule has 0 aliphatic carbocycles. The van der Waals surface area contributed by atoms with Gasteiger partial charge < -0.3 is 0 Å². The summed E-state index contributed by atoms with van der Waals surface area (Å²) in [5.41, 5.74) is 0. The van der Waals surface area contributed by atoms with E-state index in [-0.39, 0.29) is 0 Å². The molecular weight excluding hydrogens is 504 g/mol. The van der Waals surface area contributed by atoms with Gasteiger partial charge in [-0.25, -0.2) is 0 Å². The van der Waals surface area contributed by atoms with Crippen molar-refractivity contribution in [3.63, 3.8) is 0 Å². The largest absolute Gasteiger partial charge is 0.0654 e. The minimum Gasteiger partial charge on any atom is -0.0654 e. The average Bonchev–Trinajstić information content (AvgIpc) is 3.00. The third kappa shape index (κ3) is 36.2. The van der Waals surface area contributed by atoms with E-state index in [0.717, 1.165) is 12.3 Å². The van der Waals surface area contributed by atoms with Crippen LogP contribution in [0, 0.1) is 12.8 Å². The molecule has 253 valence electrons. The zero-order chi connectivity index (χ0) is 30.4. The fourth-order valence-electron chi connectivity index (χ4n) is 7.01. The van der Waals surface area contributed by atoms with Crippen LogP contribution < -0.4 is 0 Å². The van der Waals surface area contributed by atoms with Crippen LogP contribution >= 0.6 is 0 Å². The quantitative estimate of drug-likeness (QED) is 0.0628. The predicted molar refractivity (Wildman–Crippen MR) is 196 cm³/mol.